The molecular formula is C16H10ClF5N2. The lowest BCUT2D eigenvalue weighted by atomic mass is 10.0. The number of aromatic nitrogens is 2. The third kappa shape index (κ3) is 2.73. The monoisotopic (exact) mass is 360 g/mol. The van der Waals surface area contributed by atoms with E-state index >= 15 is 0 Å². The average Bonchev–Trinajstić information content (AvgIpc) is 2.89. The molecule has 0 aliphatic rings. The van der Waals surface area contributed by atoms with Crippen LogP contribution in [0.2, 0.25) is 5.02 Å². The van der Waals surface area contributed by atoms with Crippen molar-refractivity contribution in [2.75, 3.05) is 0 Å². The lowest BCUT2D eigenvalue weighted by molar-refractivity contribution is -0.292. The van der Waals surface area contributed by atoms with Gasteiger partial charge in [-0.05, 0) is 24.6 Å². The second kappa shape index (κ2) is 5.44. The van der Waals surface area contributed by atoms with Crippen molar-refractivity contribution in [1.29, 1.82) is 0 Å². The van der Waals surface area contributed by atoms with Crippen molar-refractivity contribution in [3.8, 4) is 11.1 Å². The maximum Gasteiger partial charge on any atom is 0.461 e. The van der Waals surface area contributed by atoms with Gasteiger partial charge in [-0.2, -0.15) is 22.0 Å². The normalized spacial score (nSPS) is 12.8. The lowest BCUT2D eigenvalue weighted by Crippen LogP contribution is -2.34. The Hall–Kier alpha value is -2.15. The molecule has 0 saturated carbocycles. The van der Waals surface area contributed by atoms with E-state index in [1.54, 1.807) is 12.1 Å². The first-order valence-electron chi connectivity index (χ1n) is 6.81. The summed E-state index contributed by atoms with van der Waals surface area (Å²) in [6.07, 6.45) is -5.73. The Bertz CT molecular complexity index is 897. The number of H-pyrrole nitrogens is 1. The molecule has 0 bridgehead atoms. The quantitative estimate of drug-likeness (QED) is 0.571. The predicted molar refractivity (Wildman–Crippen MR) is 81.2 cm³/mol. The third-order valence-electron chi connectivity index (χ3n) is 3.59. The number of hydrogen-bond donors (Lipinski definition) is 1. The molecule has 0 aliphatic carbocycles. The summed E-state index contributed by atoms with van der Waals surface area (Å²) in [6, 6.07) is 9.90. The second-order valence-corrected chi connectivity index (χ2v) is 5.78. The van der Waals surface area contributed by atoms with Gasteiger partial charge in [-0.25, -0.2) is 4.98 Å². The molecule has 24 heavy (non-hydrogen) atoms. The number of imidazole rings is 1. The van der Waals surface area contributed by atoms with Crippen LogP contribution in [0.3, 0.4) is 0 Å². The highest BCUT2D eigenvalue weighted by Gasteiger charge is 2.61. The van der Waals surface area contributed by atoms with Crippen LogP contribution in [0.15, 0.2) is 36.4 Å². The van der Waals surface area contributed by atoms with Gasteiger partial charge in [-0.15, -0.1) is 0 Å². The van der Waals surface area contributed by atoms with Gasteiger partial charge in [0.25, 0.3) is 0 Å². The molecule has 3 aromatic rings. The Kier molecular flexibility index (Phi) is 3.79. The summed E-state index contributed by atoms with van der Waals surface area (Å²) in [7, 11) is 0. The number of alkyl halides is 5. The van der Waals surface area contributed by atoms with Gasteiger partial charge in [-0.3, -0.25) is 0 Å². The number of halogens is 6. The first kappa shape index (κ1) is 16.7. The minimum Gasteiger partial charge on any atom is -0.337 e. The Morgan fingerprint density at radius 1 is 1.00 bits per heavy atom. The Labute approximate surface area is 138 Å². The van der Waals surface area contributed by atoms with Gasteiger partial charge in [0.1, 0.15) is 0 Å². The van der Waals surface area contributed by atoms with Crippen molar-refractivity contribution < 1.29 is 22.0 Å². The van der Waals surface area contributed by atoms with E-state index in [4.69, 9.17) is 11.6 Å². The summed E-state index contributed by atoms with van der Waals surface area (Å²) in [4.78, 5) is 5.42. The predicted octanol–water partition coefficient (Wildman–Crippen LogP) is 5.85. The van der Waals surface area contributed by atoms with Crippen molar-refractivity contribution in [3.05, 3.63) is 52.8 Å². The van der Waals surface area contributed by atoms with E-state index in [1.165, 1.54) is 12.1 Å². The van der Waals surface area contributed by atoms with Crippen LogP contribution >= 0.6 is 11.6 Å². The molecular weight excluding hydrogens is 351 g/mol. The zero-order valence-corrected chi connectivity index (χ0v) is 12.9. The van der Waals surface area contributed by atoms with Gasteiger partial charge in [-0.1, -0.05) is 41.4 Å². The number of rotatable bonds is 2. The molecule has 8 heteroatoms. The molecule has 1 heterocycles. The minimum atomic E-state index is -5.73. The van der Waals surface area contributed by atoms with Crippen molar-refractivity contribution in [1.82, 2.24) is 9.97 Å². The number of aryl methyl sites for hydroxylation is 1. The van der Waals surface area contributed by atoms with Gasteiger partial charge in [0, 0.05) is 5.56 Å². The third-order valence-corrected chi connectivity index (χ3v) is 3.90. The van der Waals surface area contributed by atoms with Crippen LogP contribution in [-0.4, -0.2) is 16.1 Å². The molecule has 1 aromatic heterocycles. The largest absolute Gasteiger partial charge is 0.461 e. The first-order valence-corrected chi connectivity index (χ1v) is 7.19. The van der Waals surface area contributed by atoms with Crippen LogP contribution in [0.5, 0.6) is 0 Å². The number of benzene rings is 2. The molecule has 3 rings (SSSR count). The molecule has 0 atom stereocenters. The smallest absolute Gasteiger partial charge is 0.337 e. The van der Waals surface area contributed by atoms with Crippen LogP contribution < -0.4 is 0 Å². The molecule has 0 unspecified atom stereocenters. The zero-order chi connectivity index (χ0) is 17.7. The summed E-state index contributed by atoms with van der Waals surface area (Å²) in [5.74, 6) is -6.52. The number of nitrogens with zero attached hydrogens (tertiary/aromatic N) is 1. The summed E-state index contributed by atoms with van der Waals surface area (Å²) in [5.41, 5.74) is 2.21. The highest BCUT2D eigenvalue weighted by Crippen LogP contribution is 2.43. The first-order chi connectivity index (χ1) is 11.1. The van der Waals surface area contributed by atoms with E-state index in [1.807, 2.05) is 24.0 Å². The van der Waals surface area contributed by atoms with E-state index in [2.05, 4.69) is 4.98 Å². The standard InChI is InChI=1S/C16H10ClF5N2/c1-8-2-4-9(5-3-8)10-6-12-13(7-11(10)17)24-14(23-12)15(18,19)16(20,21)22/h2-7H,1H3,(H,23,24). The molecule has 126 valence electrons. The van der Waals surface area contributed by atoms with Crippen LogP contribution in [0.25, 0.3) is 22.2 Å². The Balaban J connectivity index is 2.13. The van der Waals surface area contributed by atoms with Crippen molar-refractivity contribution >= 4 is 22.6 Å². The number of nitrogens with one attached hydrogen (secondary N) is 1. The SMILES string of the molecule is Cc1ccc(-c2cc3nc(C(F)(F)C(F)(F)F)[nH]c3cc2Cl)cc1. The van der Waals surface area contributed by atoms with Crippen molar-refractivity contribution in [2.45, 2.75) is 19.0 Å². The summed E-state index contributed by atoms with van der Waals surface area (Å²) >= 11 is 6.13. The fraction of sp³-hybridized carbons (Fsp3) is 0.188. The van der Waals surface area contributed by atoms with Crippen molar-refractivity contribution in [2.24, 2.45) is 0 Å². The zero-order valence-electron chi connectivity index (χ0n) is 12.2. The maximum absolute atomic E-state index is 13.4. The maximum atomic E-state index is 13.4. The van der Waals surface area contributed by atoms with Crippen LogP contribution in [0.1, 0.15) is 11.4 Å². The van der Waals surface area contributed by atoms with Gasteiger partial charge < -0.3 is 4.98 Å². The highest BCUT2D eigenvalue weighted by atomic mass is 35.5. The Morgan fingerprint density at radius 2 is 1.62 bits per heavy atom. The molecule has 1 N–H and O–H groups in total. The van der Waals surface area contributed by atoms with Gasteiger partial charge in [0.05, 0.1) is 16.1 Å². The topological polar surface area (TPSA) is 28.7 Å². The highest BCUT2D eigenvalue weighted by molar-refractivity contribution is 6.34. The summed E-state index contributed by atoms with van der Waals surface area (Å²) < 4.78 is 64.3. The van der Waals surface area contributed by atoms with Gasteiger partial charge in [0.2, 0.25) is 0 Å². The molecule has 0 fully saturated rings. The molecule has 0 spiro atoms. The van der Waals surface area contributed by atoms with E-state index in [0.29, 0.717) is 11.1 Å². The summed E-state index contributed by atoms with van der Waals surface area (Å²) in [6.45, 7) is 1.90. The summed E-state index contributed by atoms with van der Waals surface area (Å²) in [5, 5.41) is 0.219. The van der Waals surface area contributed by atoms with Crippen LogP contribution in [-0.2, 0) is 5.92 Å². The van der Waals surface area contributed by atoms with E-state index in [-0.39, 0.29) is 16.1 Å². The number of hydrogen-bond acceptors (Lipinski definition) is 1. The van der Waals surface area contributed by atoms with E-state index < -0.39 is 17.9 Å². The van der Waals surface area contributed by atoms with Crippen LogP contribution in [0.4, 0.5) is 22.0 Å². The second-order valence-electron chi connectivity index (χ2n) is 5.37. The van der Waals surface area contributed by atoms with Gasteiger partial charge in [0.15, 0.2) is 5.82 Å². The molecule has 0 radical (unpaired) electrons. The van der Waals surface area contributed by atoms with Crippen molar-refractivity contribution in [3.63, 3.8) is 0 Å². The number of fused-ring (bicyclic) bond motifs is 1. The number of aromatic amines is 1. The van der Waals surface area contributed by atoms with Gasteiger partial charge >= 0.3 is 12.1 Å². The fourth-order valence-corrected chi connectivity index (χ4v) is 2.54. The molecule has 0 saturated heterocycles. The van der Waals surface area contributed by atoms with E-state index in [0.717, 1.165) is 5.56 Å². The Morgan fingerprint density at radius 3 is 2.21 bits per heavy atom. The average molecular weight is 361 g/mol. The molecule has 2 nitrogen and oxygen atoms in total. The lowest BCUT2D eigenvalue weighted by Gasteiger charge is -2.16. The molecule has 0 amide bonds. The molecule has 2 aromatic carbocycles. The molecule has 0 aliphatic heterocycles. The van der Waals surface area contributed by atoms with Crippen LogP contribution in [0, 0.1) is 6.92 Å². The fourth-order valence-electron chi connectivity index (χ4n) is 2.27. The minimum absolute atomic E-state index is 0.00906. The van der Waals surface area contributed by atoms with E-state index in [9.17, 15) is 22.0 Å².